The first kappa shape index (κ1) is 16.0. The maximum absolute atomic E-state index is 12.5. The lowest BCUT2D eigenvalue weighted by atomic mass is 10.2. The van der Waals surface area contributed by atoms with Gasteiger partial charge in [0.2, 0.25) is 10.0 Å². The van der Waals surface area contributed by atoms with Crippen molar-refractivity contribution >= 4 is 26.0 Å². The topological polar surface area (TPSA) is 46.6 Å². The Morgan fingerprint density at radius 3 is 2.14 bits per heavy atom. The highest BCUT2D eigenvalue weighted by atomic mass is 79.9. The minimum absolute atomic E-state index is 0.279. The number of rotatable bonds is 5. The van der Waals surface area contributed by atoms with Gasteiger partial charge in [0.1, 0.15) is 5.75 Å². The summed E-state index contributed by atoms with van der Waals surface area (Å²) in [6.07, 6.45) is 0. The second-order valence-electron chi connectivity index (χ2n) is 4.56. The lowest BCUT2D eigenvalue weighted by Crippen LogP contribution is -2.26. The molecule has 0 saturated heterocycles. The van der Waals surface area contributed by atoms with Crippen LogP contribution in [0.15, 0.2) is 57.9 Å². The molecule has 0 fully saturated rings. The van der Waals surface area contributed by atoms with E-state index in [4.69, 9.17) is 4.74 Å². The molecular formula is C15H16BrNO3S. The van der Waals surface area contributed by atoms with Gasteiger partial charge in [-0.25, -0.2) is 8.42 Å². The highest BCUT2D eigenvalue weighted by molar-refractivity contribution is 9.10. The molecule has 2 aromatic rings. The van der Waals surface area contributed by atoms with Crippen LogP contribution in [0.2, 0.25) is 0 Å². The molecule has 0 aliphatic heterocycles. The highest BCUT2D eigenvalue weighted by Gasteiger charge is 2.20. The van der Waals surface area contributed by atoms with E-state index in [0.717, 1.165) is 15.8 Å². The minimum Gasteiger partial charge on any atom is -0.497 e. The summed E-state index contributed by atoms with van der Waals surface area (Å²) in [5, 5.41) is 0. The molecule has 0 amide bonds. The third-order valence-electron chi connectivity index (χ3n) is 3.09. The minimum atomic E-state index is -3.49. The van der Waals surface area contributed by atoms with Crippen LogP contribution in [0.5, 0.6) is 5.75 Å². The van der Waals surface area contributed by atoms with Crippen LogP contribution in [0.1, 0.15) is 5.56 Å². The summed E-state index contributed by atoms with van der Waals surface area (Å²) in [6.45, 7) is 0.308. The molecule has 112 valence electrons. The summed E-state index contributed by atoms with van der Waals surface area (Å²) >= 11 is 3.30. The molecule has 0 aromatic heterocycles. The summed E-state index contributed by atoms with van der Waals surface area (Å²) in [5.41, 5.74) is 0.902. The van der Waals surface area contributed by atoms with Crippen molar-refractivity contribution in [1.29, 1.82) is 0 Å². The quantitative estimate of drug-likeness (QED) is 0.812. The zero-order chi connectivity index (χ0) is 15.5. The van der Waals surface area contributed by atoms with Crippen LogP contribution >= 0.6 is 15.9 Å². The van der Waals surface area contributed by atoms with Crippen molar-refractivity contribution in [3.05, 3.63) is 58.6 Å². The molecule has 6 heteroatoms. The molecule has 0 unspecified atom stereocenters. The van der Waals surface area contributed by atoms with Gasteiger partial charge in [0.25, 0.3) is 0 Å². The van der Waals surface area contributed by atoms with E-state index in [1.807, 2.05) is 24.3 Å². The van der Waals surface area contributed by atoms with Gasteiger partial charge in [-0.3, -0.25) is 0 Å². The number of sulfonamides is 1. The van der Waals surface area contributed by atoms with Crippen molar-refractivity contribution in [1.82, 2.24) is 4.31 Å². The van der Waals surface area contributed by atoms with Crippen LogP contribution in [0.3, 0.4) is 0 Å². The van der Waals surface area contributed by atoms with E-state index in [1.54, 1.807) is 38.4 Å². The Morgan fingerprint density at radius 2 is 1.62 bits per heavy atom. The van der Waals surface area contributed by atoms with Crippen molar-refractivity contribution in [3.63, 3.8) is 0 Å². The lowest BCUT2D eigenvalue weighted by Gasteiger charge is -2.17. The number of halogens is 1. The average Bonchev–Trinajstić information content (AvgIpc) is 2.48. The van der Waals surface area contributed by atoms with Crippen LogP contribution in [-0.4, -0.2) is 26.9 Å². The zero-order valence-electron chi connectivity index (χ0n) is 11.8. The van der Waals surface area contributed by atoms with Gasteiger partial charge in [0, 0.05) is 18.1 Å². The van der Waals surface area contributed by atoms with Gasteiger partial charge >= 0.3 is 0 Å². The van der Waals surface area contributed by atoms with Gasteiger partial charge in [-0.15, -0.1) is 0 Å². The fourth-order valence-electron chi connectivity index (χ4n) is 1.86. The first-order valence-electron chi connectivity index (χ1n) is 6.28. The van der Waals surface area contributed by atoms with E-state index in [2.05, 4.69) is 15.9 Å². The average molecular weight is 370 g/mol. The number of benzene rings is 2. The molecule has 0 radical (unpaired) electrons. The van der Waals surface area contributed by atoms with Gasteiger partial charge < -0.3 is 4.74 Å². The normalized spacial score (nSPS) is 11.6. The molecule has 0 N–H and O–H groups in total. The fraction of sp³-hybridized carbons (Fsp3) is 0.200. The van der Waals surface area contributed by atoms with Gasteiger partial charge in [-0.2, -0.15) is 4.31 Å². The first-order valence-corrected chi connectivity index (χ1v) is 8.51. The Balaban J connectivity index is 2.17. The second kappa shape index (κ2) is 6.60. The number of hydrogen-bond acceptors (Lipinski definition) is 3. The van der Waals surface area contributed by atoms with Gasteiger partial charge in [0.05, 0.1) is 12.0 Å². The smallest absolute Gasteiger partial charge is 0.243 e. The number of hydrogen-bond donors (Lipinski definition) is 0. The molecule has 0 bridgehead atoms. The standard InChI is InChI=1S/C15H16BrNO3S/c1-17(11-12-3-7-14(20-2)8-4-12)21(18,19)15-9-5-13(16)6-10-15/h3-10H,11H2,1-2H3. The van der Waals surface area contributed by atoms with Crippen molar-refractivity contribution in [2.24, 2.45) is 0 Å². The zero-order valence-corrected chi connectivity index (χ0v) is 14.2. The maximum atomic E-state index is 12.5. The van der Waals surface area contributed by atoms with E-state index < -0.39 is 10.0 Å². The Kier molecular flexibility index (Phi) is 5.03. The summed E-state index contributed by atoms with van der Waals surface area (Å²) in [6, 6.07) is 13.9. The van der Waals surface area contributed by atoms with Crippen molar-refractivity contribution in [2.75, 3.05) is 14.2 Å². The van der Waals surface area contributed by atoms with Crippen molar-refractivity contribution in [3.8, 4) is 5.75 Å². The van der Waals surface area contributed by atoms with Crippen molar-refractivity contribution in [2.45, 2.75) is 11.4 Å². The molecule has 0 aliphatic carbocycles. The molecule has 0 spiro atoms. The summed E-state index contributed by atoms with van der Waals surface area (Å²) in [7, 11) is -0.321. The first-order chi connectivity index (χ1) is 9.93. The summed E-state index contributed by atoms with van der Waals surface area (Å²) < 4.78 is 32.2. The van der Waals surface area contributed by atoms with Crippen LogP contribution < -0.4 is 4.74 Å². The van der Waals surface area contributed by atoms with Gasteiger partial charge in [-0.05, 0) is 42.0 Å². The van der Waals surface area contributed by atoms with Gasteiger partial charge in [-0.1, -0.05) is 28.1 Å². The monoisotopic (exact) mass is 369 g/mol. The largest absolute Gasteiger partial charge is 0.497 e. The number of nitrogens with zero attached hydrogens (tertiary/aromatic N) is 1. The third-order valence-corrected chi connectivity index (χ3v) is 5.43. The van der Waals surface area contributed by atoms with E-state index in [0.29, 0.717) is 6.54 Å². The number of methoxy groups -OCH3 is 1. The molecular weight excluding hydrogens is 354 g/mol. The molecule has 0 aliphatic rings. The fourth-order valence-corrected chi connectivity index (χ4v) is 3.28. The predicted octanol–water partition coefficient (Wildman–Crippen LogP) is 3.28. The predicted molar refractivity (Wildman–Crippen MR) is 85.8 cm³/mol. The van der Waals surface area contributed by atoms with E-state index in [9.17, 15) is 8.42 Å². The summed E-state index contributed by atoms with van der Waals surface area (Å²) in [5.74, 6) is 0.747. The maximum Gasteiger partial charge on any atom is 0.243 e. The van der Waals surface area contributed by atoms with E-state index in [1.165, 1.54) is 4.31 Å². The Hall–Kier alpha value is -1.37. The third kappa shape index (κ3) is 3.84. The lowest BCUT2D eigenvalue weighted by molar-refractivity contribution is 0.414. The molecule has 0 heterocycles. The molecule has 0 atom stereocenters. The SMILES string of the molecule is COc1ccc(CN(C)S(=O)(=O)c2ccc(Br)cc2)cc1. The molecule has 21 heavy (non-hydrogen) atoms. The Morgan fingerprint density at radius 1 is 1.05 bits per heavy atom. The molecule has 2 rings (SSSR count). The summed E-state index contributed by atoms with van der Waals surface area (Å²) in [4.78, 5) is 0.279. The van der Waals surface area contributed by atoms with Crippen LogP contribution in [-0.2, 0) is 16.6 Å². The molecule has 4 nitrogen and oxygen atoms in total. The Labute approximate surface area is 133 Å². The van der Waals surface area contributed by atoms with E-state index >= 15 is 0 Å². The van der Waals surface area contributed by atoms with E-state index in [-0.39, 0.29) is 4.90 Å². The number of ether oxygens (including phenoxy) is 1. The van der Waals surface area contributed by atoms with Gasteiger partial charge in [0.15, 0.2) is 0 Å². The Bertz CT molecular complexity index is 697. The highest BCUT2D eigenvalue weighted by Crippen LogP contribution is 2.20. The van der Waals surface area contributed by atoms with Crippen LogP contribution in [0.4, 0.5) is 0 Å². The second-order valence-corrected chi connectivity index (χ2v) is 7.52. The van der Waals surface area contributed by atoms with Crippen molar-refractivity contribution < 1.29 is 13.2 Å². The van der Waals surface area contributed by atoms with Crippen LogP contribution in [0.25, 0.3) is 0 Å². The van der Waals surface area contributed by atoms with Crippen LogP contribution in [0, 0.1) is 0 Å². The molecule has 0 saturated carbocycles. The molecule has 2 aromatic carbocycles.